The fraction of sp³-hybridized carbons (Fsp3) is 0.455. The standard InChI is InChI=1S/C22H24N4O3/c1-13-7-8-16-14(10-13)11-15-12-22(17-6-4-5-9-26(17)18(15)23-16)19(27)24(2)21(29)25(3)20(22)28/h7-8,10-11,17H,4-6,9,12H2,1-3H3/t17-/m1/s1. The van der Waals surface area contributed by atoms with E-state index in [1.165, 1.54) is 14.1 Å². The zero-order chi connectivity index (χ0) is 20.5. The van der Waals surface area contributed by atoms with Crippen LogP contribution in [0.3, 0.4) is 0 Å². The van der Waals surface area contributed by atoms with Crippen LogP contribution in [-0.2, 0) is 16.0 Å². The second-order valence-electron chi connectivity index (χ2n) is 8.53. The number of pyridine rings is 1. The highest BCUT2D eigenvalue weighted by Crippen LogP contribution is 2.48. The number of aromatic nitrogens is 1. The molecule has 1 spiro atoms. The Bertz CT molecular complexity index is 1060. The van der Waals surface area contributed by atoms with Gasteiger partial charge in [-0.3, -0.25) is 19.4 Å². The van der Waals surface area contributed by atoms with Crippen LogP contribution in [0.25, 0.3) is 10.9 Å². The van der Waals surface area contributed by atoms with Crippen molar-refractivity contribution in [1.82, 2.24) is 14.8 Å². The Morgan fingerprint density at radius 3 is 2.48 bits per heavy atom. The molecule has 7 heteroatoms. The van der Waals surface area contributed by atoms with Gasteiger partial charge in [-0.2, -0.15) is 0 Å². The average Bonchev–Trinajstić information content (AvgIpc) is 2.73. The molecule has 0 radical (unpaired) electrons. The highest BCUT2D eigenvalue weighted by molar-refractivity contribution is 6.20. The number of aryl methyl sites for hydroxylation is 1. The number of amides is 4. The molecule has 1 aromatic carbocycles. The van der Waals surface area contributed by atoms with Crippen LogP contribution in [0.5, 0.6) is 0 Å². The molecule has 0 saturated carbocycles. The van der Waals surface area contributed by atoms with Gasteiger partial charge in [-0.1, -0.05) is 11.6 Å². The Kier molecular flexibility index (Phi) is 3.75. The van der Waals surface area contributed by atoms with Crippen molar-refractivity contribution in [2.75, 3.05) is 25.5 Å². The average molecular weight is 392 g/mol. The molecule has 4 amide bonds. The van der Waals surface area contributed by atoms with Crippen LogP contribution in [0.15, 0.2) is 24.3 Å². The first kappa shape index (κ1) is 18.1. The number of nitrogens with zero attached hydrogens (tertiary/aromatic N) is 4. The van der Waals surface area contributed by atoms with Crippen molar-refractivity contribution >= 4 is 34.6 Å². The summed E-state index contributed by atoms with van der Waals surface area (Å²) in [6.45, 7) is 2.79. The Morgan fingerprint density at radius 1 is 1.03 bits per heavy atom. The molecule has 1 aromatic heterocycles. The molecule has 2 aromatic rings. The number of rotatable bonds is 0. The molecule has 5 rings (SSSR count). The van der Waals surface area contributed by atoms with Gasteiger partial charge in [0.2, 0.25) is 11.8 Å². The summed E-state index contributed by atoms with van der Waals surface area (Å²) in [4.78, 5) is 48.6. The van der Waals surface area contributed by atoms with Crippen molar-refractivity contribution in [1.29, 1.82) is 0 Å². The first-order chi connectivity index (χ1) is 13.8. The topological polar surface area (TPSA) is 73.8 Å². The van der Waals surface area contributed by atoms with Gasteiger partial charge in [-0.25, -0.2) is 9.78 Å². The van der Waals surface area contributed by atoms with Crippen LogP contribution in [0.4, 0.5) is 10.6 Å². The zero-order valence-corrected chi connectivity index (χ0v) is 16.9. The smallest absolute Gasteiger partial charge is 0.332 e. The van der Waals surface area contributed by atoms with E-state index in [1.54, 1.807) is 0 Å². The number of anilines is 1. The highest BCUT2D eigenvalue weighted by atomic mass is 16.2. The third-order valence-electron chi connectivity index (χ3n) is 6.79. The summed E-state index contributed by atoms with van der Waals surface area (Å²) in [5, 5.41) is 1.00. The molecular formula is C22H24N4O3. The van der Waals surface area contributed by atoms with Crippen molar-refractivity contribution in [2.45, 2.75) is 38.6 Å². The van der Waals surface area contributed by atoms with Crippen molar-refractivity contribution < 1.29 is 14.4 Å². The van der Waals surface area contributed by atoms with Gasteiger partial charge in [0.1, 0.15) is 5.82 Å². The minimum absolute atomic E-state index is 0.278. The Morgan fingerprint density at radius 2 is 1.76 bits per heavy atom. The first-order valence-electron chi connectivity index (χ1n) is 10.1. The maximum absolute atomic E-state index is 13.5. The van der Waals surface area contributed by atoms with E-state index in [4.69, 9.17) is 4.98 Å². The molecular weight excluding hydrogens is 368 g/mol. The van der Waals surface area contributed by atoms with Crippen LogP contribution >= 0.6 is 0 Å². The number of barbiturate groups is 1. The largest absolute Gasteiger partial charge is 0.352 e. The highest BCUT2D eigenvalue weighted by Gasteiger charge is 2.63. The summed E-state index contributed by atoms with van der Waals surface area (Å²) in [6, 6.07) is 7.36. The van der Waals surface area contributed by atoms with Gasteiger partial charge in [0.25, 0.3) is 0 Å². The number of piperidine rings is 1. The summed E-state index contributed by atoms with van der Waals surface area (Å²) in [5.41, 5.74) is 1.68. The fourth-order valence-electron chi connectivity index (χ4n) is 5.35. The maximum Gasteiger partial charge on any atom is 0.332 e. The predicted octanol–water partition coefficient (Wildman–Crippen LogP) is 2.50. The summed E-state index contributed by atoms with van der Waals surface area (Å²) < 4.78 is 0. The lowest BCUT2D eigenvalue weighted by Gasteiger charge is -2.54. The van der Waals surface area contributed by atoms with E-state index in [0.717, 1.165) is 63.5 Å². The summed E-state index contributed by atoms with van der Waals surface area (Å²) >= 11 is 0. The molecule has 0 aliphatic carbocycles. The summed E-state index contributed by atoms with van der Waals surface area (Å²) in [5.74, 6) is 0.0921. The third-order valence-corrected chi connectivity index (χ3v) is 6.79. The summed E-state index contributed by atoms with van der Waals surface area (Å²) in [7, 11) is 2.94. The second-order valence-corrected chi connectivity index (χ2v) is 8.53. The SMILES string of the molecule is Cc1ccc2nc3c(cc2c1)CC1(C(=O)N(C)C(=O)N(C)C1=O)[C@H]1CCCCN31. The van der Waals surface area contributed by atoms with Gasteiger partial charge < -0.3 is 4.90 Å². The molecule has 2 saturated heterocycles. The lowest BCUT2D eigenvalue weighted by molar-refractivity contribution is -0.159. The van der Waals surface area contributed by atoms with Crippen molar-refractivity contribution in [3.05, 3.63) is 35.4 Å². The van der Waals surface area contributed by atoms with Crippen LogP contribution in [0, 0.1) is 12.3 Å². The van der Waals surface area contributed by atoms with E-state index in [0.29, 0.717) is 0 Å². The van der Waals surface area contributed by atoms with E-state index >= 15 is 0 Å². The van der Waals surface area contributed by atoms with E-state index < -0.39 is 23.3 Å². The minimum Gasteiger partial charge on any atom is -0.352 e. The van der Waals surface area contributed by atoms with Crippen LogP contribution in [0.2, 0.25) is 0 Å². The van der Waals surface area contributed by atoms with Gasteiger partial charge in [-0.15, -0.1) is 0 Å². The van der Waals surface area contributed by atoms with Crippen molar-refractivity contribution in [3.8, 4) is 0 Å². The number of benzene rings is 1. The van der Waals surface area contributed by atoms with Crippen molar-refractivity contribution in [3.63, 3.8) is 0 Å². The van der Waals surface area contributed by atoms with Gasteiger partial charge in [0.05, 0.1) is 11.6 Å². The second kappa shape index (κ2) is 6.02. The maximum atomic E-state index is 13.5. The number of carbonyl (C=O) groups excluding carboxylic acids is 3. The molecule has 4 heterocycles. The van der Waals surface area contributed by atoms with E-state index in [1.807, 2.05) is 19.1 Å². The molecule has 0 N–H and O–H groups in total. The quantitative estimate of drug-likeness (QED) is 0.644. The monoisotopic (exact) mass is 392 g/mol. The van der Waals surface area contributed by atoms with Gasteiger partial charge >= 0.3 is 6.03 Å². The zero-order valence-electron chi connectivity index (χ0n) is 16.9. The number of urea groups is 1. The van der Waals surface area contributed by atoms with Crippen LogP contribution < -0.4 is 4.90 Å². The molecule has 29 heavy (non-hydrogen) atoms. The summed E-state index contributed by atoms with van der Waals surface area (Å²) in [6.07, 6.45) is 2.96. The number of hydrogen-bond donors (Lipinski definition) is 0. The van der Waals surface area contributed by atoms with Gasteiger partial charge in [-0.05, 0) is 49.9 Å². The molecule has 0 unspecified atom stereocenters. The molecule has 3 aliphatic rings. The normalized spacial score (nSPS) is 23.6. The lowest BCUT2D eigenvalue weighted by atomic mass is 9.66. The fourth-order valence-corrected chi connectivity index (χ4v) is 5.35. The Labute approximate surface area is 169 Å². The Hall–Kier alpha value is -2.96. The minimum atomic E-state index is -1.27. The van der Waals surface area contributed by atoms with Crippen molar-refractivity contribution in [2.24, 2.45) is 5.41 Å². The number of carbonyl (C=O) groups is 3. The number of imide groups is 2. The molecule has 150 valence electrons. The van der Waals surface area contributed by atoms with E-state index in [9.17, 15) is 14.4 Å². The lowest BCUT2D eigenvalue weighted by Crippen LogP contribution is -2.72. The molecule has 2 fully saturated rings. The van der Waals surface area contributed by atoms with E-state index in [-0.39, 0.29) is 12.5 Å². The Balaban J connectivity index is 1.74. The van der Waals surface area contributed by atoms with Gasteiger partial charge in [0.15, 0.2) is 5.41 Å². The first-order valence-corrected chi connectivity index (χ1v) is 10.1. The van der Waals surface area contributed by atoms with Crippen LogP contribution in [-0.4, -0.2) is 59.3 Å². The third kappa shape index (κ3) is 2.30. The molecule has 1 atom stereocenters. The number of fused-ring (bicyclic) bond motifs is 5. The molecule has 0 bridgehead atoms. The predicted molar refractivity (Wildman–Crippen MR) is 109 cm³/mol. The molecule has 7 nitrogen and oxygen atoms in total. The number of hydrogen-bond acceptors (Lipinski definition) is 5. The van der Waals surface area contributed by atoms with Crippen LogP contribution in [0.1, 0.15) is 30.4 Å². The van der Waals surface area contributed by atoms with E-state index in [2.05, 4.69) is 17.0 Å². The van der Waals surface area contributed by atoms with Gasteiger partial charge in [0, 0.05) is 32.4 Å². The molecule has 3 aliphatic heterocycles.